The molecule has 92 valence electrons. The van der Waals surface area contributed by atoms with Crippen molar-refractivity contribution in [3.8, 4) is 11.4 Å². The van der Waals surface area contributed by atoms with Crippen molar-refractivity contribution in [3.05, 3.63) is 46.8 Å². The standard InChI is InChI=1S/C14H14N2O2/c1-8-5-4-6-11(7-8)13-15-9(2)12(14(17)18)10(3)16-13/h4-7H,1-3H3,(H,17,18). The van der Waals surface area contributed by atoms with E-state index in [1.807, 2.05) is 31.2 Å². The van der Waals surface area contributed by atoms with Crippen LogP contribution in [0.15, 0.2) is 24.3 Å². The Morgan fingerprint density at radius 3 is 2.22 bits per heavy atom. The van der Waals surface area contributed by atoms with E-state index in [9.17, 15) is 4.79 Å². The molecule has 0 aliphatic heterocycles. The molecule has 0 radical (unpaired) electrons. The van der Waals surface area contributed by atoms with E-state index in [1.165, 1.54) is 0 Å². The first-order valence-corrected chi connectivity index (χ1v) is 5.64. The summed E-state index contributed by atoms with van der Waals surface area (Å²) in [6, 6.07) is 7.83. The van der Waals surface area contributed by atoms with Gasteiger partial charge < -0.3 is 5.11 Å². The van der Waals surface area contributed by atoms with E-state index in [-0.39, 0.29) is 5.56 Å². The average molecular weight is 242 g/mol. The molecular weight excluding hydrogens is 228 g/mol. The van der Waals surface area contributed by atoms with Gasteiger partial charge in [0.1, 0.15) is 5.56 Å². The molecule has 1 aromatic carbocycles. The summed E-state index contributed by atoms with van der Waals surface area (Å²) in [4.78, 5) is 19.6. The molecule has 0 saturated carbocycles. The van der Waals surface area contributed by atoms with Crippen LogP contribution >= 0.6 is 0 Å². The highest BCUT2D eigenvalue weighted by Crippen LogP contribution is 2.19. The summed E-state index contributed by atoms with van der Waals surface area (Å²) >= 11 is 0. The molecular formula is C14H14N2O2. The quantitative estimate of drug-likeness (QED) is 0.879. The second-order valence-electron chi connectivity index (χ2n) is 4.27. The topological polar surface area (TPSA) is 63.1 Å². The third-order valence-corrected chi connectivity index (χ3v) is 2.76. The largest absolute Gasteiger partial charge is 0.478 e. The predicted molar refractivity (Wildman–Crippen MR) is 68.6 cm³/mol. The maximum Gasteiger partial charge on any atom is 0.339 e. The highest BCUT2D eigenvalue weighted by molar-refractivity contribution is 5.90. The molecule has 0 bridgehead atoms. The zero-order chi connectivity index (χ0) is 13.3. The molecule has 0 aliphatic carbocycles. The number of carboxylic acids is 1. The Kier molecular flexibility index (Phi) is 3.10. The van der Waals surface area contributed by atoms with Gasteiger partial charge in [-0.05, 0) is 26.8 Å². The number of nitrogens with zero attached hydrogens (tertiary/aromatic N) is 2. The first-order valence-electron chi connectivity index (χ1n) is 5.64. The smallest absolute Gasteiger partial charge is 0.339 e. The van der Waals surface area contributed by atoms with E-state index in [1.54, 1.807) is 13.8 Å². The second-order valence-corrected chi connectivity index (χ2v) is 4.27. The Hall–Kier alpha value is -2.23. The SMILES string of the molecule is Cc1cccc(-c2nc(C)c(C(=O)O)c(C)n2)c1. The molecule has 0 aliphatic rings. The van der Waals surface area contributed by atoms with Gasteiger partial charge in [0.15, 0.2) is 5.82 Å². The summed E-state index contributed by atoms with van der Waals surface area (Å²) in [6.07, 6.45) is 0. The van der Waals surface area contributed by atoms with Crippen LogP contribution in [0.5, 0.6) is 0 Å². The van der Waals surface area contributed by atoms with E-state index < -0.39 is 5.97 Å². The number of hydrogen-bond acceptors (Lipinski definition) is 3. The average Bonchev–Trinajstić information content (AvgIpc) is 2.27. The van der Waals surface area contributed by atoms with Gasteiger partial charge in [-0.25, -0.2) is 14.8 Å². The van der Waals surface area contributed by atoms with E-state index >= 15 is 0 Å². The first-order chi connectivity index (χ1) is 8.49. The van der Waals surface area contributed by atoms with Crippen LogP contribution in [0, 0.1) is 20.8 Å². The Morgan fingerprint density at radius 2 is 1.72 bits per heavy atom. The fraction of sp³-hybridized carbons (Fsp3) is 0.214. The van der Waals surface area contributed by atoms with Crippen molar-refractivity contribution >= 4 is 5.97 Å². The van der Waals surface area contributed by atoms with Crippen molar-refractivity contribution in [2.45, 2.75) is 20.8 Å². The number of benzene rings is 1. The van der Waals surface area contributed by atoms with E-state index in [2.05, 4.69) is 9.97 Å². The summed E-state index contributed by atoms with van der Waals surface area (Å²) < 4.78 is 0. The molecule has 1 heterocycles. The summed E-state index contributed by atoms with van der Waals surface area (Å²) in [5.41, 5.74) is 3.19. The van der Waals surface area contributed by atoms with Crippen molar-refractivity contribution in [3.63, 3.8) is 0 Å². The molecule has 4 heteroatoms. The van der Waals surface area contributed by atoms with Crippen LogP contribution in [0.2, 0.25) is 0 Å². The molecule has 1 N–H and O–H groups in total. The van der Waals surface area contributed by atoms with E-state index in [4.69, 9.17) is 5.11 Å². The molecule has 18 heavy (non-hydrogen) atoms. The van der Waals surface area contributed by atoms with Gasteiger partial charge in [0.2, 0.25) is 0 Å². The molecule has 0 spiro atoms. The van der Waals surface area contributed by atoms with Gasteiger partial charge in [-0.3, -0.25) is 0 Å². The Morgan fingerprint density at radius 1 is 1.11 bits per heavy atom. The van der Waals surface area contributed by atoms with Crippen LogP contribution in [0.3, 0.4) is 0 Å². The Bertz CT molecular complexity index is 598. The molecule has 4 nitrogen and oxygen atoms in total. The monoisotopic (exact) mass is 242 g/mol. The Labute approximate surface area is 105 Å². The van der Waals surface area contributed by atoms with Crippen LogP contribution < -0.4 is 0 Å². The van der Waals surface area contributed by atoms with Crippen molar-refractivity contribution in [2.24, 2.45) is 0 Å². The molecule has 0 atom stereocenters. The minimum atomic E-state index is -0.985. The molecule has 2 aromatic rings. The number of rotatable bonds is 2. The Balaban J connectivity index is 2.58. The van der Waals surface area contributed by atoms with Gasteiger partial charge in [-0.15, -0.1) is 0 Å². The maximum atomic E-state index is 11.1. The summed E-state index contributed by atoms with van der Waals surface area (Å²) in [5.74, 6) is -0.417. The molecule has 2 rings (SSSR count). The number of hydrogen-bond donors (Lipinski definition) is 1. The number of aromatic carboxylic acids is 1. The van der Waals surface area contributed by atoms with Crippen LogP contribution in [-0.2, 0) is 0 Å². The fourth-order valence-electron chi connectivity index (χ4n) is 1.94. The van der Waals surface area contributed by atoms with Crippen molar-refractivity contribution in [2.75, 3.05) is 0 Å². The van der Waals surface area contributed by atoms with Gasteiger partial charge in [-0.2, -0.15) is 0 Å². The molecule has 1 aromatic heterocycles. The number of carboxylic acid groups (broad SMARTS) is 1. The van der Waals surface area contributed by atoms with Crippen LogP contribution in [0.25, 0.3) is 11.4 Å². The summed E-state index contributed by atoms with van der Waals surface area (Å²) in [6.45, 7) is 5.38. The van der Waals surface area contributed by atoms with Gasteiger partial charge in [0, 0.05) is 5.56 Å². The minimum Gasteiger partial charge on any atom is -0.478 e. The predicted octanol–water partition coefficient (Wildman–Crippen LogP) is 2.77. The highest BCUT2D eigenvalue weighted by Gasteiger charge is 2.15. The molecule has 0 fully saturated rings. The fourth-order valence-corrected chi connectivity index (χ4v) is 1.94. The lowest BCUT2D eigenvalue weighted by atomic mass is 10.1. The lowest BCUT2D eigenvalue weighted by molar-refractivity contribution is 0.0694. The zero-order valence-corrected chi connectivity index (χ0v) is 10.6. The van der Waals surface area contributed by atoms with Crippen molar-refractivity contribution in [1.82, 2.24) is 9.97 Å². The summed E-state index contributed by atoms with van der Waals surface area (Å²) in [5, 5.41) is 9.07. The maximum absolute atomic E-state index is 11.1. The van der Waals surface area contributed by atoms with Gasteiger partial charge in [-0.1, -0.05) is 23.8 Å². The molecule has 0 amide bonds. The van der Waals surface area contributed by atoms with Crippen LogP contribution in [0.1, 0.15) is 27.3 Å². The highest BCUT2D eigenvalue weighted by atomic mass is 16.4. The van der Waals surface area contributed by atoms with Crippen LogP contribution in [0.4, 0.5) is 0 Å². The minimum absolute atomic E-state index is 0.186. The normalized spacial score (nSPS) is 10.4. The molecule has 0 unspecified atom stereocenters. The summed E-state index contributed by atoms with van der Waals surface area (Å²) in [7, 11) is 0. The second kappa shape index (κ2) is 4.56. The van der Waals surface area contributed by atoms with E-state index in [0.29, 0.717) is 17.2 Å². The lowest BCUT2D eigenvalue weighted by Crippen LogP contribution is -2.08. The molecule has 0 saturated heterocycles. The lowest BCUT2D eigenvalue weighted by Gasteiger charge is -2.08. The number of aromatic nitrogens is 2. The van der Waals surface area contributed by atoms with Crippen molar-refractivity contribution < 1.29 is 9.90 Å². The van der Waals surface area contributed by atoms with Gasteiger partial charge in [0.05, 0.1) is 11.4 Å². The van der Waals surface area contributed by atoms with Crippen LogP contribution in [-0.4, -0.2) is 21.0 Å². The number of aryl methyl sites for hydroxylation is 3. The van der Waals surface area contributed by atoms with Gasteiger partial charge >= 0.3 is 5.97 Å². The number of carbonyl (C=O) groups is 1. The van der Waals surface area contributed by atoms with Gasteiger partial charge in [0.25, 0.3) is 0 Å². The first kappa shape index (κ1) is 12.2. The zero-order valence-electron chi connectivity index (χ0n) is 10.6. The third kappa shape index (κ3) is 2.22. The van der Waals surface area contributed by atoms with E-state index in [0.717, 1.165) is 11.1 Å². The third-order valence-electron chi connectivity index (χ3n) is 2.76. The van der Waals surface area contributed by atoms with Crippen molar-refractivity contribution in [1.29, 1.82) is 0 Å².